The van der Waals surface area contributed by atoms with Gasteiger partial charge in [-0.3, -0.25) is 4.79 Å². The average Bonchev–Trinajstić information content (AvgIpc) is 3.55. The Bertz CT molecular complexity index is 1490. The van der Waals surface area contributed by atoms with E-state index in [1.165, 1.54) is 6.21 Å². The number of hydrogen-bond donors (Lipinski definition) is 1. The van der Waals surface area contributed by atoms with Crippen molar-refractivity contribution in [2.24, 2.45) is 5.10 Å². The molecule has 2 aromatic heterocycles. The second kappa shape index (κ2) is 13.0. The number of amides is 1. The second-order valence-corrected chi connectivity index (χ2v) is 9.33. The van der Waals surface area contributed by atoms with Crippen molar-refractivity contribution in [3.63, 3.8) is 0 Å². The maximum absolute atomic E-state index is 12.5. The van der Waals surface area contributed by atoms with E-state index in [0.717, 1.165) is 17.1 Å². The highest BCUT2D eigenvalue weighted by atomic mass is 35.5. The Hall–Kier alpha value is -4.50. The summed E-state index contributed by atoms with van der Waals surface area (Å²) in [6, 6.07) is 19.9. The van der Waals surface area contributed by atoms with Gasteiger partial charge in [0.05, 0.1) is 12.8 Å². The fraction of sp³-hybridized carbons (Fsp3) is 0.233. The molecule has 10 heteroatoms. The number of aryl methyl sites for hydroxylation is 2. The quantitative estimate of drug-likeness (QED) is 0.136. The van der Waals surface area contributed by atoms with Crippen LogP contribution in [-0.4, -0.2) is 35.4 Å². The largest absolute Gasteiger partial charge is 0.486 e. The van der Waals surface area contributed by atoms with Crippen LogP contribution in [0.2, 0.25) is 5.02 Å². The van der Waals surface area contributed by atoms with Crippen LogP contribution in [0.4, 0.5) is 0 Å². The number of carbonyl (C=O) groups excluding carboxylic acids is 2. The molecule has 0 spiro atoms. The molecule has 0 unspecified atom stereocenters. The molecule has 2 heterocycles. The van der Waals surface area contributed by atoms with Gasteiger partial charge in [0.15, 0.2) is 11.9 Å². The third-order valence-electron chi connectivity index (χ3n) is 5.90. The highest BCUT2D eigenvalue weighted by molar-refractivity contribution is 6.30. The SMILES string of the molecule is CCOC(=O)[C@@H](C)Oc1ccc(Cl)cc1/C=N/NC(=O)c1ccc(COc2ccc(-n3c(C)ccc3C)cc2)o1. The van der Waals surface area contributed by atoms with E-state index in [1.807, 2.05) is 24.3 Å². The van der Waals surface area contributed by atoms with E-state index in [2.05, 4.69) is 41.1 Å². The molecule has 0 fully saturated rings. The normalized spacial score (nSPS) is 11.8. The topological polar surface area (TPSA) is 104 Å². The summed E-state index contributed by atoms with van der Waals surface area (Å²) in [4.78, 5) is 24.4. The Kier molecular flexibility index (Phi) is 9.29. The van der Waals surface area contributed by atoms with Gasteiger partial charge in [-0.2, -0.15) is 5.10 Å². The molecule has 0 bridgehead atoms. The third kappa shape index (κ3) is 7.12. The molecule has 1 N–H and O–H groups in total. The lowest BCUT2D eigenvalue weighted by molar-refractivity contribution is -0.150. The van der Waals surface area contributed by atoms with Gasteiger partial charge in [-0.05, 0) is 94.4 Å². The number of esters is 1. The Labute approximate surface area is 237 Å². The van der Waals surface area contributed by atoms with Gasteiger partial charge in [0.2, 0.25) is 0 Å². The predicted molar refractivity (Wildman–Crippen MR) is 152 cm³/mol. The first-order chi connectivity index (χ1) is 19.2. The zero-order chi connectivity index (χ0) is 28.6. The van der Waals surface area contributed by atoms with Crippen molar-refractivity contribution in [1.29, 1.82) is 0 Å². The summed E-state index contributed by atoms with van der Waals surface area (Å²) >= 11 is 6.10. The van der Waals surface area contributed by atoms with Crippen LogP contribution >= 0.6 is 11.6 Å². The lowest BCUT2D eigenvalue weighted by Gasteiger charge is -2.15. The monoisotopic (exact) mass is 563 g/mol. The fourth-order valence-electron chi connectivity index (χ4n) is 3.94. The van der Waals surface area contributed by atoms with Gasteiger partial charge in [-0.15, -0.1) is 0 Å². The number of nitrogens with zero attached hydrogens (tertiary/aromatic N) is 2. The fourth-order valence-corrected chi connectivity index (χ4v) is 4.12. The molecule has 1 amide bonds. The van der Waals surface area contributed by atoms with Gasteiger partial charge in [-0.25, -0.2) is 10.2 Å². The molecule has 0 aliphatic heterocycles. The summed E-state index contributed by atoms with van der Waals surface area (Å²) in [6.07, 6.45) is 0.530. The van der Waals surface area contributed by atoms with Crippen LogP contribution in [0.1, 0.15) is 47.1 Å². The van der Waals surface area contributed by atoms with E-state index in [-0.39, 0.29) is 19.0 Å². The predicted octanol–water partition coefficient (Wildman–Crippen LogP) is 6.01. The van der Waals surface area contributed by atoms with Crippen LogP contribution in [0.3, 0.4) is 0 Å². The number of ether oxygens (including phenoxy) is 3. The van der Waals surface area contributed by atoms with Crippen molar-refractivity contribution in [2.45, 2.75) is 40.4 Å². The van der Waals surface area contributed by atoms with Crippen molar-refractivity contribution in [3.8, 4) is 17.2 Å². The number of benzene rings is 2. The average molecular weight is 564 g/mol. The molecule has 0 aliphatic rings. The first kappa shape index (κ1) is 28.5. The number of rotatable bonds is 11. The summed E-state index contributed by atoms with van der Waals surface area (Å²) in [7, 11) is 0. The van der Waals surface area contributed by atoms with E-state index in [0.29, 0.717) is 27.8 Å². The minimum absolute atomic E-state index is 0.0724. The summed E-state index contributed by atoms with van der Waals surface area (Å²) in [5.41, 5.74) is 6.23. The van der Waals surface area contributed by atoms with Crippen molar-refractivity contribution < 1.29 is 28.2 Å². The minimum atomic E-state index is -0.836. The van der Waals surface area contributed by atoms with Gasteiger partial charge in [0.1, 0.15) is 23.9 Å². The summed E-state index contributed by atoms with van der Waals surface area (Å²) in [5.74, 6) is 0.540. The van der Waals surface area contributed by atoms with Crippen molar-refractivity contribution >= 4 is 29.7 Å². The van der Waals surface area contributed by atoms with Crippen LogP contribution in [0.15, 0.2) is 76.2 Å². The molecular formula is C30H30ClN3O6. The van der Waals surface area contributed by atoms with Gasteiger partial charge in [0.25, 0.3) is 0 Å². The maximum atomic E-state index is 12.5. The summed E-state index contributed by atoms with van der Waals surface area (Å²) in [5, 5.41) is 4.41. The van der Waals surface area contributed by atoms with Crippen LogP contribution in [0, 0.1) is 13.8 Å². The number of hydrazone groups is 1. The highest BCUT2D eigenvalue weighted by Gasteiger charge is 2.17. The molecule has 0 saturated carbocycles. The van der Waals surface area contributed by atoms with Gasteiger partial charge in [0, 0.05) is 27.7 Å². The molecule has 0 aliphatic carbocycles. The molecular weight excluding hydrogens is 534 g/mol. The maximum Gasteiger partial charge on any atom is 0.347 e. The van der Waals surface area contributed by atoms with Crippen LogP contribution < -0.4 is 14.9 Å². The van der Waals surface area contributed by atoms with Crippen LogP contribution in [-0.2, 0) is 16.1 Å². The Balaban J connectivity index is 1.32. The third-order valence-corrected chi connectivity index (χ3v) is 6.13. The van der Waals surface area contributed by atoms with Crippen molar-refractivity contribution in [2.75, 3.05) is 6.61 Å². The molecule has 0 radical (unpaired) electrons. The minimum Gasteiger partial charge on any atom is -0.486 e. The molecule has 2 aromatic carbocycles. The van der Waals surface area contributed by atoms with Gasteiger partial charge >= 0.3 is 11.9 Å². The highest BCUT2D eigenvalue weighted by Crippen LogP contribution is 2.23. The first-order valence-corrected chi connectivity index (χ1v) is 13.1. The lowest BCUT2D eigenvalue weighted by Crippen LogP contribution is -2.26. The second-order valence-electron chi connectivity index (χ2n) is 8.89. The summed E-state index contributed by atoms with van der Waals surface area (Å²) in [6.45, 7) is 7.81. The molecule has 0 saturated heterocycles. The lowest BCUT2D eigenvalue weighted by atomic mass is 10.2. The van der Waals surface area contributed by atoms with Crippen LogP contribution in [0.5, 0.6) is 11.5 Å². The van der Waals surface area contributed by atoms with Gasteiger partial charge < -0.3 is 23.2 Å². The van der Waals surface area contributed by atoms with Crippen LogP contribution in [0.25, 0.3) is 5.69 Å². The number of aromatic nitrogens is 1. The molecule has 1 atom stereocenters. The number of carbonyl (C=O) groups is 2. The molecule has 208 valence electrons. The molecule has 9 nitrogen and oxygen atoms in total. The Morgan fingerprint density at radius 3 is 2.48 bits per heavy atom. The zero-order valence-electron chi connectivity index (χ0n) is 22.6. The zero-order valence-corrected chi connectivity index (χ0v) is 23.4. The Morgan fingerprint density at radius 1 is 1.05 bits per heavy atom. The van der Waals surface area contributed by atoms with Crippen molar-refractivity contribution in [3.05, 3.63) is 100 Å². The van der Waals surface area contributed by atoms with Gasteiger partial charge in [-0.1, -0.05) is 11.6 Å². The first-order valence-electron chi connectivity index (χ1n) is 12.7. The molecule has 40 heavy (non-hydrogen) atoms. The van der Waals surface area contributed by atoms with E-state index in [9.17, 15) is 9.59 Å². The van der Waals surface area contributed by atoms with E-state index in [1.54, 1.807) is 44.2 Å². The molecule has 4 aromatic rings. The number of halogens is 1. The number of hydrogen-bond acceptors (Lipinski definition) is 7. The standard InChI is InChI=1S/C30H30ClN3O6/c1-5-37-30(36)21(4)39-27-14-8-23(31)16-22(27)17-32-33-29(35)28-15-13-26(40-28)18-38-25-11-9-24(10-12-25)34-19(2)6-7-20(34)3/h6-17,21H,5,18H2,1-4H3,(H,33,35)/b32-17+/t21-/m1/s1. The Morgan fingerprint density at radius 2 is 1.77 bits per heavy atom. The number of nitrogens with one attached hydrogen (secondary N) is 1. The smallest absolute Gasteiger partial charge is 0.347 e. The van der Waals surface area contributed by atoms with E-state index < -0.39 is 18.0 Å². The van der Waals surface area contributed by atoms with Crippen molar-refractivity contribution in [1.82, 2.24) is 9.99 Å². The van der Waals surface area contributed by atoms with E-state index >= 15 is 0 Å². The number of furan rings is 1. The van der Waals surface area contributed by atoms with E-state index in [4.69, 9.17) is 30.2 Å². The molecule has 4 rings (SSSR count). The summed E-state index contributed by atoms with van der Waals surface area (Å²) < 4.78 is 24.3.